The average molecular weight is 376 g/mol. The van der Waals surface area contributed by atoms with E-state index in [1.165, 1.54) is 5.56 Å². The lowest BCUT2D eigenvalue weighted by Crippen LogP contribution is -2.19. The first-order valence-corrected chi connectivity index (χ1v) is 8.98. The van der Waals surface area contributed by atoms with Crippen LogP contribution in [0.3, 0.4) is 0 Å². The van der Waals surface area contributed by atoms with Crippen molar-refractivity contribution in [1.82, 2.24) is 15.4 Å². The quantitative estimate of drug-likeness (QED) is 0.690. The second-order valence-corrected chi connectivity index (χ2v) is 6.75. The molecule has 0 aliphatic rings. The van der Waals surface area contributed by atoms with Crippen molar-refractivity contribution in [1.29, 1.82) is 0 Å². The molecule has 0 spiro atoms. The molecule has 0 aliphatic carbocycles. The third kappa shape index (κ3) is 4.29. The van der Waals surface area contributed by atoms with Gasteiger partial charge in [0.25, 0.3) is 5.91 Å². The molecule has 3 N–H and O–H groups in total. The molecule has 2 aromatic carbocycles. The molecule has 1 heterocycles. The highest BCUT2D eigenvalue weighted by Crippen LogP contribution is 2.27. The normalized spacial score (nSPS) is 11.6. The molecule has 0 atom stereocenters. The van der Waals surface area contributed by atoms with Gasteiger partial charge in [-0.25, -0.2) is 0 Å². The number of nitrogens with two attached hydrogens (primary N) is 1. The molecule has 0 fully saturated rings. The number of aromatic nitrogens is 1. The molecule has 28 heavy (non-hydrogen) atoms. The first-order chi connectivity index (χ1) is 13.5. The lowest BCUT2D eigenvalue weighted by Gasteiger charge is -2.10. The molecule has 0 aliphatic heterocycles. The molecule has 3 aromatic rings. The van der Waals surface area contributed by atoms with Gasteiger partial charge in [0.2, 0.25) is 0 Å². The summed E-state index contributed by atoms with van der Waals surface area (Å²) in [6.45, 7) is 0.854. The Hall–Kier alpha value is -3.38. The molecule has 0 saturated heterocycles. The van der Waals surface area contributed by atoms with Crippen molar-refractivity contribution in [3.05, 3.63) is 77.0 Å². The van der Waals surface area contributed by atoms with E-state index in [1.807, 2.05) is 68.7 Å². The number of nitrogens with one attached hydrogen (secondary N) is 1. The number of hydrogen-bond donors (Lipinski definition) is 2. The van der Waals surface area contributed by atoms with Crippen LogP contribution in [0.15, 0.2) is 59.1 Å². The molecule has 144 valence electrons. The summed E-state index contributed by atoms with van der Waals surface area (Å²) < 4.78 is 5.47. The number of hydrogen-bond acceptors (Lipinski definition) is 5. The fourth-order valence-electron chi connectivity index (χ4n) is 2.93. The fraction of sp³-hybridized carbons (Fsp3) is 0.182. The van der Waals surface area contributed by atoms with Crippen LogP contribution in [0.4, 0.5) is 0 Å². The maximum atomic E-state index is 12.5. The lowest BCUT2D eigenvalue weighted by molar-refractivity contribution is 0.0963. The summed E-state index contributed by atoms with van der Waals surface area (Å²) in [5, 5.41) is 6.75. The first kappa shape index (κ1) is 19.4. The van der Waals surface area contributed by atoms with Crippen molar-refractivity contribution < 1.29 is 9.32 Å². The third-order valence-electron chi connectivity index (χ3n) is 4.29. The Bertz CT molecular complexity index is 974. The number of benzene rings is 2. The molecule has 0 radical (unpaired) electrons. The van der Waals surface area contributed by atoms with E-state index in [2.05, 4.69) is 15.4 Å². The fourth-order valence-corrected chi connectivity index (χ4v) is 2.93. The number of nitrogens with zero attached hydrogens (tertiary/aromatic N) is 2. The zero-order valence-corrected chi connectivity index (χ0v) is 16.3. The van der Waals surface area contributed by atoms with Crippen LogP contribution in [0.2, 0.25) is 0 Å². The smallest absolute Gasteiger partial charge is 0.257 e. The Morgan fingerprint density at radius 1 is 1.14 bits per heavy atom. The van der Waals surface area contributed by atoms with E-state index in [0.29, 0.717) is 22.7 Å². The second kappa shape index (κ2) is 8.54. The predicted octanol–water partition coefficient (Wildman–Crippen LogP) is 3.22. The molecular weight excluding hydrogens is 352 g/mol. The standard InChI is InChI=1S/C22H24N4O2/c1-24-22(27)20-19(28-25-21(20)17-7-5-4-6-8-17)13-18(23)16-11-9-15(10-12-16)14-26(2)3/h4-13H,14,23H2,1-3H3,(H,24,27). The molecule has 6 heteroatoms. The Kier molecular flexibility index (Phi) is 5.91. The zero-order valence-electron chi connectivity index (χ0n) is 16.3. The summed E-state index contributed by atoms with van der Waals surface area (Å²) in [6, 6.07) is 17.4. The van der Waals surface area contributed by atoms with Crippen molar-refractivity contribution in [3.63, 3.8) is 0 Å². The minimum absolute atomic E-state index is 0.277. The molecular formula is C22H24N4O2. The zero-order chi connectivity index (χ0) is 20.1. The van der Waals surface area contributed by atoms with Crippen molar-refractivity contribution >= 4 is 17.7 Å². The van der Waals surface area contributed by atoms with Gasteiger partial charge in [-0.1, -0.05) is 59.8 Å². The molecule has 1 aromatic heterocycles. The SMILES string of the molecule is CNC(=O)c1c(-c2ccccc2)noc1C=C(N)c1ccc(CN(C)C)cc1. The monoisotopic (exact) mass is 376 g/mol. The highest BCUT2D eigenvalue weighted by atomic mass is 16.5. The van der Waals surface area contributed by atoms with Crippen molar-refractivity contribution in [2.75, 3.05) is 21.1 Å². The van der Waals surface area contributed by atoms with E-state index in [4.69, 9.17) is 10.3 Å². The molecule has 1 amide bonds. The number of rotatable bonds is 6. The highest BCUT2D eigenvalue weighted by Gasteiger charge is 2.22. The van der Waals surface area contributed by atoms with E-state index >= 15 is 0 Å². The summed E-state index contributed by atoms with van der Waals surface area (Å²) >= 11 is 0. The second-order valence-electron chi connectivity index (χ2n) is 6.75. The van der Waals surface area contributed by atoms with Crippen LogP contribution >= 0.6 is 0 Å². The van der Waals surface area contributed by atoms with Crippen LogP contribution in [0.5, 0.6) is 0 Å². The third-order valence-corrected chi connectivity index (χ3v) is 4.29. The maximum Gasteiger partial charge on any atom is 0.257 e. The van der Waals surface area contributed by atoms with Crippen LogP contribution in [0, 0.1) is 0 Å². The maximum absolute atomic E-state index is 12.5. The molecule has 6 nitrogen and oxygen atoms in total. The van der Waals surface area contributed by atoms with Crippen molar-refractivity contribution in [3.8, 4) is 11.3 Å². The Balaban J connectivity index is 1.97. The van der Waals surface area contributed by atoms with Gasteiger partial charge >= 0.3 is 0 Å². The van der Waals surface area contributed by atoms with Gasteiger partial charge in [-0.3, -0.25) is 4.79 Å². The van der Waals surface area contributed by atoms with Gasteiger partial charge in [-0.2, -0.15) is 0 Å². The largest absolute Gasteiger partial charge is 0.398 e. The Labute approximate surface area is 164 Å². The van der Waals surface area contributed by atoms with E-state index in [0.717, 1.165) is 17.7 Å². The molecule has 0 saturated carbocycles. The summed E-state index contributed by atoms with van der Waals surface area (Å²) in [4.78, 5) is 14.6. The van der Waals surface area contributed by atoms with E-state index in [9.17, 15) is 4.79 Å². The van der Waals surface area contributed by atoms with Crippen LogP contribution in [-0.2, 0) is 6.54 Å². The molecule has 3 rings (SSSR count). The van der Waals surface area contributed by atoms with Gasteiger partial charge in [-0.05, 0) is 25.2 Å². The number of amides is 1. The van der Waals surface area contributed by atoms with Crippen LogP contribution < -0.4 is 11.1 Å². The van der Waals surface area contributed by atoms with Crippen molar-refractivity contribution in [2.24, 2.45) is 5.73 Å². The Morgan fingerprint density at radius 2 is 1.82 bits per heavy atom. The summed E-state index contributed by atoms with van der Waals surface area (Å²) in [6.07, 6.45) is 1.64. The van der Waals surface area contributed by atoms with Crippen LogP contribution in [-0.4, -0.2) is 37.1 Å². The lowest BCUT2D eigenvalue weighted by atomic mass is 10.0. The summed E-state index contributed by atoms with van der Waals surface area (Å²) in [7, 11) is 5.62. The summed E-state index contributed by atoms with van der Waals surface area (Å²) in [5.74, 6) is 0.0496. The van der Waals surface area contributed by atoms with E-state index in [1.54, 1.807) is 13.1 Å². The van der Waals surface area contributed by atoms with Gasteiger partial charge in [0.15, 0.2) is 5.76 Å². The predicted molar refractivity (Wildman–Crippen MR) is 111 cm³/mol. The first-order valence-electron chi connectivity index (χ1n) is 8.98. The van der Waals surface area contributed by atoms with Gasteiger partial charge in [0, 0.05) is 30.9 Å². The Morgan fingerprint density at radius 3 is 2.43 bits per heavy atom. The van der Waals surface area contributed by atoms with Gasteiger partial charge in [0.05, 0.1) is 0 Å². The highest BCUT2D eigenvalue weighted by molar-refractivity contribution is 6.03. The summed E-state index contributed by atoms with van der Waals surface area (Å²) in [5.41, 5.74) is 10.5. The van der Waals surface area contributed by atoms with E-state index < -0.39 is 0 Å². The van der Waals surface area contributed by atoms with Gasteiger partial charge in [0.1, 0.15) is 11.3 Å². The minimum atomic E-state index is -0.277. The number of carbonyl (C=O) groups is 1. The van der Waals surface area contributed by atoms with Crippen LogP contribution in [0.25, 0.3) is 23.0 Å². The van der Waals surface area contributed by atoms with Gasteiger partial charge < -0.3 is 20.5 Å². The molecule has 0 bridgehead atoms. The van der Waals surface area contributed by atoms with Crippen LogP contribution in [0.1, 0.15) is 27.2 Å². The number of carbonyl (C=O) groups excluding carboxylic acids is 1. The topological polar surface area (TPSA) is 84.4 Å². The van der Waals surface area contributed by atoms with E-state index in [-0.39, 0.29) is 5.91 Å². The van der Waals surface area contributed by atoms with Gasteiger partial charge in [-0.15, -0.1) is 0 Å². The van der Waals surface area contributed by atoms with Crippen molar-refractivity contribution in [2.45, 2.75) is 6.54 Å². The average Bonchev–Trinajstić information content (AvgIpc) is 3.11. The minimum Gasteiger partial charge on any atom is -0.398 e. The molecule has 0 unspecified atom stereocenters.